The molecule has 0 bridgehead atoms. The molecule has 4 atom stereocenters. The fourth-order valence-corrected chi connectivity index (χ4v) is 6.12. The number of carbonyl (C=O) groups is 2. The number of hydrogen-bond donors (Lipinski definition) is 1. The molecule has 2 saturated carbocycles. The Kier molecular flexibility index (Phi) is 9.89. The minimum Gasteiger partial charge on any atom is -0.481 e. The zero-order chi connectivity index (χ0) is 23.2. The van der Waals surface area contributed by atoms with Gasteiger partial charge in [-0.05, 0) is 86.9 Å². The lowest BCUT2D eigenvalue weighted by Gasteiger charge is -2.37. The van der Waals surface area contributed by atoms with Crippen LogP contribution >= 0.6 is 0 Å². The van der Waals surface area contributed by atoms with Gasteiger partial charge in [0.25, 0.3) is 0 Å². The molecule has 2 aliphatic carbocycles. The predicted octanol–water partition coefficient (Wildman–Crippen LogP) is 7.10. The Morgan fingerprint density at radius 2 is 1.42 bits per heavy atom. The first-order valence-corrected chi connectivity index (χ1v) is 12.9. The first-order chi connectivity index (χ1) is 14.5. The predicted molar refractivity (Wildman–Crippen MR) is 126 cm³/mol. The molecular formula is C27H48O4. The van der Waals surface area contributed by atoms with Crippen molar-refractivity contribution >= 4 is 11.9 Å². The Morgan fingerprint density at radius 3 is 1.94 bits per heavy atom. The number of ether oxygens (including phenoxy) is 1. The van der Waals surface area contributed by atoms with Gasteiger partial charge in [-0.3, -0.25) is 9.59 Å². The van der Waals surface area contributed by atoms with Gasteiger partial charge >= 0.3 is 11.9 Å². The highest BCUT2D eigenvalue weighted by atomic mass is 16.5. The molecule has 2 fully saturated rings. The summed E-state index contributed by atoms with van der Waals surface area (Å²) < 4.78 is 6.18. The Morgan fingerprint density at radius 1 is 0.871 bits per heavy atom. The van der Waals surface area contributed by atoms with Crippen molar-refractivity contribution in [2.75, 3.05) is 0 Å². The molecule has 0 aromatic carbocycles. The van der Waals surface area contributed by atoms with Crippen molar-refractivity contribution in [3.63, 3.8) is 0 Å². The second-order valence-corrected chi connectivity index (χ2v) is 12.2. The summed E-state index contributed by atoms with van der Waals surface area (Å²) in [5.74, 6) is 0.393. The third-order valence-electron chi connectivity index (χ3n) is 7.84. The first-order valence-electron chi connectivity index (χ1n) is 12.9. The van der Waals surface area contributed by atoms with Crippen LogP contribution in [0, 0.1) is 40.9 Å². The van der Waals surface area contributed by atoms with E-state index in [4.69, 9.17) is 4.74 Å². The molecule has 0 aromatic rings. The van der Waals surface area contributed by atoms with Crippen molar-refractivity contribution in [3.8, 4) is 0 Å². The van der Waals surface area contributed by atoms with E-state index in [1.54, 1.807) is 0 Å². The summed E-state index contributed by atoms with van der Waals surface area (Å²) in [5, 5.41) is 9.60. The third-order valence-corrected chi connectivity index (χ3v) is 7.84. The van der Waals surface area contributed by atoms with Crippen LogP contribution in [0.1, 0.15) is 112 Å². The van der Waals surface area contributed by atoms with Gasteiger partial charge < -0.3 is 9.84 Å². The molecule has 0 heterocycles. The van der Waals surface area contributed by atoms with Crippen molar-refractivity contribution < 1.29 is 19.4 Å². The van der Waals surface area contributed by atoms with Crippen molar-refractivity contribution in [1.29, 1.82) is 0 Å². The highest BCUT2D eigenvalue weighted by molar-refractivity contribution is 5.81. The molecule has 0 aliphatic heterocycles. The van der Waals surface area contributed by atoms with Gasteiger partial charge in [0.1, 0.15) is 6.10 Å². The van der Waals surface area contributed by atoms with Crippen molar-refractivity contribution in [2.24, 2.45) is 40.9 Å². The molecule has 0 amide bonds. The van der Waals surface area contributed by atoms with Crippen LogP contribution in [0.15, 0.2) is 0 Å². The number of carbonyl (C=O) groups excluding carboxylic acids is 1. The lowest BCUT2D eigenvalue weighted by Crippen LogP contribution is -2.38. The van der Waals surface area contributed by atoms with Gasteiger partial charge in [0.15, 0.2) is 0 Å². The molecular weight excluding hydrogens is 388 g/mol. The molecule has 31 heavy (non-hydrogen) atoms. The van der Waals surface area contributed by atoms with Crippen LogP contribution in [0.4, 0.5) is 0 Å². The topological polar surface area (TPSA) is 63.6 Å². The molecule has 0 radical (unpaired) electrons. The average Bonchev–Trinajstić information content (AvgIpc) is 2.69. The summed E-state index contributed by atoms with van der Waals surface area (Å²) in [6, 6.07) is 0. The SMILES string of the molecule is CC(CCC(OC(=O)C1CCCCC1C(=O)O)C1CCC(C(C)C)CC1)CC(C)(C)C. The second kappa shape index (κ2) is 11.7. The van der Waals surface area contributed by atoms with E-state index in [1.807, 2.05) is 0 Å². The number of carboxylic acid groups (broad SMARTS) is 1. The zero-order valence-corrected chi connectivity index (χ0v) is 21.0. The Balaban J connectivity index is 2.04. The summed E-state index contributed by atoms with van der Waals surface area (Å²) in [7, 11) is 0. The van der Waals surface area contributed by atoms with Gasteiger partial charge in [0, 0.05) is 0 Å². The fraction of sp³-hybridized carbons (Fsp3) is 0.926. The van der Waals surface area contributed by atoms with Crippen LogP contribution in [-0.4, -0.2) is 23.1 Å². The first kappa shape index (κ1) is 26.2. The number of hydrogen-bond acceptors (Lipinski definition) is 3. The van der Waals surface area contributed by atoms with Crippen LogP contribution in [0.3, 0.4) is 0 Å². The maximum Gasteiger partial charge on any atom is 0.310 e. The largest absolute Gasteiger partial charge is 0.481 e. The molecule has 0 spiro atoms. The molecule has 1 N–H and O–H groups in total. The molecule has 4 heteroatoms. The summed E-state index contributed by atoms with van der Waals surface area (Å²) >= 11 is 0. The van der Waals surface area contributed by atoms with Crippen molar-refractivity contribution in [3.05, 3.63) is 0 Å². The number of esters is 1. The van der Waals surface area contributed by atoms with Crippen LogP contribution < -0.4 is 0 Å². The van der Waals surface area contributed by atoms with Crippen molar-refractivity contribution in [1.82, 2.24) is 0 Å². The fourth-order valence-electron chi connectivity index (χ4n) is 6.12. The minimum atomic E-state index is -0.838. The summed E-state index contributed by atoms with van der Waals surface area (Å²) in [4.78, 5) is 24.8. The second-order valence-electron chi connectivity index (χ2n) is 12.2. The van der Waals surface area contributed by atoms with Crippen LogP contribution in [0.2, 0.25) is 0 Å². The molecule has 2 rings (SSSR count). The zero-order valence-electron chi connectivity index (χ0n) is 21.0. The highest BCUT2D eigenvalue weighted by Crippen LogP contribution is 2.39. The van der Waals surface area contributed by atoms with Gasteiger partial charge in [0.05, 0.1) is 11.8 Å². The molecule has 0 aromatic heterocycles. The number of rotatable bonds is 9. The van der Waals surface area contributed by atoms with Crippen LogP contribution in [-0.2, 0) is 14.3 Å². The molecule has 2 aliphatic rings. The van der Waals surface area contributed by atoms with E-state index >= 15 is 0 Å². The molecule has 180 valence electrons. The van der Waals surface area contributed by atoms with Gasteiger partial charge in [0.2, 0.25) is 0 Å². The summed E-state index contributed by atoms with van der Waals surface area (Å²) in [6.45, 7) is 13.8. The quantitative estimate of drug-likeness (QED) is 0.391. The average molecular weight is 437 g/mol. The molecule has 0 saturated heterocycles. The minimum absolute atomic E-state index is 0.0561. The van der Waals surface area contributed by atoms with Gasteiger partial charge in [-0.1, -0.05) is 54.4 Å². The Labute approximate surface area is 190 Å². The smallest absolute Gasteiger partial charge is 0.310 e. The number of carboxylic acids is 1. The third kappa shape index (κ3) is 8.42. The van der Waals surface area contributed by atoms with E-state index in [0.717, 1.165) is 50.9 Å². The molecule has 4 nitrogen and oxygen atoms in total. The lowest BCUT2D eigenvalue weighted by atomic mass is 9.74. The van der Waals surface area contributed by atoms with E-state index in [9.17, 15) is 14.7 Å². The Hall–Kier alpha value is -1.06. The van der Waals surface area contributed by atoms with E-state index in [1.165, 1.54) is 12.8 Å². The number of aliphatic carboxylic acids is 1. The van der Waals surface area contributed by atoms with E-state index in [0.29, 0.717) is 36.0 Å². The standard InChI is InChI=1S/C27H48O4/c1-18(2)20-12-14-21(15-13-20)24(16-11-19(3)17-27(4,5)6)31-26(30)23-10-8-7-9-22(23)25(28)29/h18-24H,7-17H2,1-6H3,(H,28,29). The van der Waals surface area contributed by atoms with Crippen LogP contribution in [0.25, 0.3) is 0 Å². The summed E-state index contributed by atoms with van der Waals surface area (Å²) in [5.41, 5.74) is 0.303. The Bertz CT molecular complexity index is 568. The maximum atomic E-state index is 13.1. The van der Waals surface area contributed by atoms with Crippen LogP contribution in [0.5, 0.6) is 0 Å². The maximum absolute atomic E-state index is 13.1. The molecule has 4 unspecified atom stereocenters. The van der Waals surface area contributed by atoms with Crippen molar-refractivity contribution in [2.45, 2.75) is 118 Å². The van der Waals surface area contributed by atoms with E-state index in [-0.39, 0.29) is 12.1 Å². The van der Waals surface area contributed by atoms with Gasteiger partial charge in [-0.2, -0.15) is 0 Å². The van der Waals surface area contributed by atoms with E-state index in [2.05, 4.69) is 41.5 Å². The van der Waals surface area contributed by atoms with E-state index < -0.39 is 17.8 Å². The highest BCUT2D eigenvalue weighted by Gasteiger charge is 2.39. The monoisotopic (exact) mass is 436 g/mol. The van der Waals surface area contributed by atoms with Gasteiger partial charge in [-0.15, -0.1) is 0 Å². The summed E-state index contributed by atoms with van der Waals surface area (Å²) in [6.07, 6.45) is 10.8. The lowest BCUT2D eigenvalue weighted by molar-refractivity contribution is -0.167. The normalized spacial score (nSPS) is 29.4. The van der Waals surface area contributed by atoms with Gasteiger partial charge in [-0.25, -0.2) is 0 Å².